The van der Waals surface area contributed by atoms with Crippen LogP contribution in [0, 0.1) is 5.82 Å². The number of para-hydroxylation sites is 1. The average Bonchev–Trinajstić information content (AvgIpc) is 2.67. The summed E-state index contributed by atoms with van der Waals surface area (Å²) in [5.74, 6) is 0.352. The highest BCUT2D eigenvalue weighted by Crippen LogP contribution is 2.22. The third-order valence-electron chi connectivity index (χ3n) is 4.30. The lowest BCUT2D eigenvalue weighted by Gasteiger charge is -2.31. The van der Waals surface area contributed by atoms with E-state index in [-0.39, 0.29) is 11.0 Å². The zero-order valence-electron chi connectivity index (χ0n) is 14.4. The van der Waals surface area contributed by atoms with Gasteiger partial charge in [-0.15, -0.1) is 0 Å². The smallest absolute Gasteiger partial charge is 0.243 e. The van der Waals surface area contributed by atoms with Crippen LogP contribution in [0.1, 0.15) is 12.8 Å². The van der Waals surface area contributed by atoms with Crippen molar-refractivity contribution in [3.8, 4) is 5.75 Å². The van der Waals surface area contributed by atoms with Gasteiger partial charge in [-0.05, 0) is 49.2 Å². The number of rotatable bonds is 7. The molecule has 0 spiro atoms. The molecule has 0 unspecified atom stereocenters. The summed E-state index contributed by atoms with van der Waals surface area (Å²) < 4.78 is 50.9. The SMILES string of the molecule is O=S(=O)(c1ccc(F)cc1)N1CCC(OCCOc2ccccc2)CC1. The van der Waals surface area contributed by atoms with Crippen molar-refractivity contribution in [2.45, 2.75) is 23.8 Å². The number of hydrogen-bond donors (Lipinski definition) is 0. The Morgan fingerprint density at radius 2 is 1.62 bits per heavy atom. The second-order valence-electron chi connectivity index (χ2n) is 6.09. The largest absolute Gasteiger partial charge is 0.491 e. The molecule has 0 bridgehead atoms. The van der Waals surface area contributed by atoms with Crippen molar-refractivity contribution < 1.29 is 22.3 Å². The summed E-state index contributed by atoms with van der Waals surface area (Å²) in [4.78, 5) is 0.120. The molecule has 7 heteroatoms. The summed E-state index contributed by atoms with van der Waals surface area (Å²) in [7, 11) is -3.58. The van der Waals surface area contributed by atoms with Crippen LogP contribution in [0.4, 0.5) is 4.39 Å². The Labute approximate surface area is 153 Å². The van der Waals surface area contributed by atoms with Crippen LogP contribution < -0.4 is 4.74 Å². The molecule has 1 saturated heterocycles. The van der Waals surface area contributed by atoms with Crippen LogP contribution in [-0.2, 0) is 14.8 Å². The number of halogens is 1. The van der Waals surface area contributed by atoms with Gasteiger partial charge in [0.25, 0.3) is 0 Å². The minimum absolute atomic E-state index is 0.0223. The van der Waals surface area contributed by atoms with Crippen molar-refractivity contribution in [3.05, 3.63) is 60.4 Å². The fourth-order valence-electron chi connectivity index (χ4n) is 2.89. The van der Waals surface area contributed by atoms with Gasteiger partial charge in [0, 0.05) is 13.1 Å². The van der Waals surface area contributed by atoms with Gasteiger partial charge < -0.3 is 9.47 Å². The van der Waals surface area contributed by atoms with E-state index < -0.39 is 15.8 Å². The first kappa shape index (κ1) is 18.8. The molecular weight excluding hydrogens is 357 g/mol. The zero-order valence-corrected chi connectivity index (χ0v) is 15.2. The van der Waals surface area contributed by atoms with Gasteiger partial charge in [-0.25, -0.2) is 12.8 Å². The fraction of sp³-hybridized carbons (Fsp3) is 0.368. The van der Waals surface area contributed by atoms with Crippen LogP contribution in [0.15, 0.2) is 59.5 Å². The van der Waals surface area contributed by atoms with Gasteiger partial charge in [-0.2, -0.15) is 4.31 Å². The number of sulfonamides is 1. The quantitative estimate of drug-likeness (QED) is 0.694. The first-order valence-corrected chi connectivity index (χ1v) is 10.0. The molecule has 0 amide bonds. The fourth-order valence-corrected chi connectivity index (χ4v) is 4.36. The molecule has 0 aliphatic carbocycles. The molecule has 140 valence electrons. The van der Waals surface area contributed by atoms with Crippen LogP contribution in [0.25, 0.3) is 0 Å². The summed E-state index contributed by atoms with van der Waals surface area (Å²) in [5.41, 5.74) is 0. The van der Waals surface area contributed by atoms with E-state index in [2.05, 4.69) is 0 Å². The lowest BCUT2D eigenvalue weighted by Crippen LogP contribution is -2.41. The van der Waals surface area contributed by atoms with E-state index in [0.29, 0.717) is 39.1 Å². The van der Waals surface area contributed by atoms with Crippen molar-refractivity contribution in [1.82, 2.24) is 4.31 Å². The second kappa shape index (κ2) is 8.62. The van der Waals surface area contributed by atoms with Crippen molar-refractivity contribution in [3.63, 3.8) is 0 Å². The van der Waals surface area contributed by atoms with E-state index in [9.17, 15) is 12.8 Å². The molecule has 26 heavy (non-hydrogen) atoms. The molecule has 2 aromatic carbocycles. The van der Waals surface area contributed by atoms with Crippen LogP contribution in [0.2, 0.25) is 0 Å². The van der Waals surface area contributed by atoms with Crippen molar-refractivity contribution in [2.24, 2.45) is 0 Å². The van der Waals surface area contributed by atoms with Gasteiger partial charge in [0.2, 0.25) is 10.0 Å². The van der Waals surface area contributed by atoms with Crippen molar-refractivity contribution in [1.29, 1.82) is 0 Å². The molecule has 1 fully saturated rings. The predicted molar refractivity (Wildman–Crippen MR) is 96.1 cm³/mol. The van der Waals surface area contributed by atoms with E-state index in [0.717, 1.165) is 17.9 Å². The molecular formula is C19H22FNO4S. The Kier molecular flexibility index (Phi) is 6.24. The minimum Gasteiger partial charge on any atom is -0.491 e. The average molecular weight is 379 g/mol. The summed E-state index contributed by atoms with van der Waals surface area (Å²) >= 11 is 0. The number of hydrogen-bond acceptors (Lipinski definition) is 4. The van der Waals surface area contributed by atoms with E-state index >= 15 is 0 Å². The normalized spacial score (nSPS) is 16.5. The molecule has 0 atom stereocenters. The van der Waals surface area contributed by atoms with Gasteiger partial charge in [0.1, 0.15) is 18.2 Å². The Morgan fingerprint density at radius 1 is 0.962 bits per heavy atom. The van der Waals surface area contributed by atoms with E-state index in [1.165, 1.54) is 16.4 Å². The molecule has 2 aromatic rings. The Morgan fingerprint density at radius 3 is 2.27 bits per heavy atom. The highest BCUT2D eigenvalue weighted by atomic mass is 32.2. The van der Waals surface area contributed by atoms with Crippen LogP contribution in [0.3, 0.4) is 0 Å². The standard InChI is InChI=1S/C19H22FNO4S/c20-16-6-8-19(9-7-16)26(22,23)21-12-10-18(11-13-21)25-15-14-24-17-4-2-1-3-5-17/h1-9,18H,10-15H2. The number of piperidine rings is 1. The number of nitrogens with zero attached hydrogens (tertiary/aromatic N) is 1. The molecule has 0 N–H and O–H groups in total. The summed E-state index contributed by atoms with van der Waals surface area (Å²) in [6, 6.07) is 14.4. The van der Waals surface area contributed by atoms with Crippen molar-refractivity contribution >= 4 is 10.0 Å². The van der Waals surface area contributed by atoms with Crippen LogP contribution in [-0.4, -0.2) is 45.1 Å². The highest BCUT2D eigenvalue weighted by molar-refractivity contribution is 7.89. The maximum Gasteiger partial charge on any atom is 0.243 e. The minimum atomic E-state index is -3.58. The summed E-state index contributed by atoms with van der Waals surface area (Å²) in [6.45, 7) is 1.70. The van der Waals surface area contributed by atoms with Gasteiger partial charge in [0.15, 0.2) is 0 Å². The molecule has 1 aliphatic heterocycles. The third-order valence-corrected chi connectivity index (χ3v) is 6.21. The van der Waals surface area contributed by atoms with Crippen LogP contribution in [0.5, 0.6) is 5.75 Å². The Hall–Kier alpha value is -1.96. The molecule has 5 nitrogen and oxygen atoms in total. The number of benzene rings is 2. The van der Waals surface area contributed by atoms with Crippen molar-refractivity contribution in [2.75, 3.05) is 26.3 Å². The molecule has 0 radical (unpaired) electrons. The Bertz CT molecular complexity index is 788. The van der Waals surface area contributed by atoms with Crippen LogP contribution >= 0.6 is 0 Å². The maximum absolute atomic E-state index is 13.0. The third kappa shape index (κ3) is 4.81. The van der Waals surface area contributed by atoms with E-state index in [1.807, 2.05) is 30.3 Å². The lowest BCUT2D eigenvalue weighted by atomic mass is 10.1. The highest BCUT2D eigenvalue weighted by Gasteiger charge is 2.29. The molecule has 1 heterocycles. The first-order valence-electron chi connectivity index (χ1n) is 8.61. The van der Waals surface area contributed by atoms with Gasteiger partial charge in [-0.1, -0.05) is 18.2 Å². The first-order chi connectivity index (χ1) is 12.6. The van der Waals surface area contributed by atoms with Gasteiger partial charge >= 0.3 is 0 Å². The predicted octanol–water partition coefficient (Wildman–Crippen LogP) is 3.07. The molecule has 0 saturated carbocycles. The monoisotopic (exact) mass is 379 g/mol. The maximum atomic E-state index is 13.0. The van der Waals surface area contributed by atoms with E-state index in [4.69, 9.17) is 9.47 Å². The summed E-state index contributed by atoms with van der Waals surface area (Å²) in [5, 5.41) is 0. The van der Waals surface area contributed by atoms with Gasteiger partial charge in [-0.3, -0.25) is 0 Å². The molecule has 1 aliphatic rings. The lowest BCUT2D eigenvalue weighted by molar-refractivity contribution is 0.00700. The second-order valence-corrected chi connectivity index (χ2v) is 8.03. The number of ether oxygens (including phenoxy) is 2. The van der Waals surface area contributed by atoms with E-state index in [1.54, 1.807) is 0 Å². The van der Waals surface area contributed by atoms with Gasteiger partial charge in [0.05, 0.1) is 17.6 Å². The molecule has 3 rings (SSSR count). The zero-order chi connectivity index (χ0) is 18.4. The topological polar surface area (TPSA) is 55.8 Å². The Balaban J connectivity index is 1.43. The molecule has 0 aromatic heterocycles. The summed E-state index contributed by atoms with van der Waals surface area (Å²) in [6.07, 6.45) is 1.28.